The predicted octanol–water partition coefficient (Wildman–Crippen LogP) is 2.84. The van der Waals surface area contributed by atoms with E-state index in [9.17, 15) is 24.3 Å². The van der Waals surface area contributed by atoms with E-state index in [2.05, 4.69) is 21.3 Å². The summed E-state index contributed by atoms with van der Waals surface area (Å²) in [5.41, 5.74) is 1.77. The number of carbonyl (C=O) groups is 4. The van der Waals surface area contributed by atoms with Crippen molar-refractivity contribution in [3.63, 3.8) is 0 Å². The summed E-state index contributed by atoms with van der Waals surface area (Å²) in [5.74, 6) is -1.76. The van der Waals surface area contributed by atoms with Crippen LogP contribution in [0.1, 0.15) is 51.2 Å². The smallest absolute Gasteiger partial charge is 0.408 e. The normalized spacial score (nSPS) is 16.5. The molecule has 1 heterocycles. The van der Waals surface area contributed by atoms with Crippen LogP contribution in [0.3, 0.4) is 0 Å². The van der Waals surface area contributed by atoms with E-state index in [1.165, 1.54) is 14.0 Å². The second-order valence-electron chi connectivity index (χ2n) is 12.4. The summed E-state index contributed by atoms with van der Waals surface area (Å²) in [6, 6.07) is 17.7. The zero-order valence-electron chi connectivity index (χ0n) is 28.1. The summed E-state index contributed by atoms with van der Waals surface area (Å²) < 4.78 is 5.25. The van der Waals surface area contributed by atoms with Gasteiger partial charge in [-0.25, -0.2) is 4.79 Å². The van der Waals surface area contributed by atoms with Crippen molar-refractivity contribution in [1.82, 2.24) is 26.2 Å². The number of rotatable bonds is 15. The number of hydrogen-bond acceptors (Lipinski definition) is 7. The molecule has 3 rings (SSSR count). The number of benzene rings is 2. The summed E-state index contributed by atoms with van der Waals surface area (Å²) in [6.07, 6.45) is -0.744. The standard InChI is InChI=1S/C35H51N5O6.ClH/c1-23(2)31(34(44)40-18-16-28(36-4)17-19-40)39-33(43)27(20-25-12-8-6-9-13-25)22-30(41)29(21-26-14-10-7-11-15-26)38-35(45)46-24(3)32(42)37-5;/h6-15,23-24,27-31,36,41H,16-22H2,1-5H3,(H,37,42)(H,38,45)(H,39,43);1H/t24?,27-,29+,30-,31-;/m0./s1. The largest absolute Gasteiger partial charge is 0.436 e. The highest BCUT2D eigenvalue weighted by Gasteiger charge is 2.35. The lowest BCUT2D eigenvalue weighted by Crippen LogP contribution is -2.55. The van der Waals surface area contributed by atoms with Gasteiger partial charge in [0.2, 0.25) is 11.8 Å². The predicted molar refractivity (Wildman–Crippen MR) is 184 cm³/mol. The minimum atomic E-state index is -1.16. The number of hydrogen-bond donors (Lipinski definition) is 5. The van der Waals surface area contributed by atoms with Gasteiger partial charge in [0.15, 0.2) is 6.10 Å². The van der Waals surface area contributed by atoms with Gasteiger partial charge in [-0.1, -0.05) is 74.5 Å². The lowest BCUT2D eigenvalue weighted by Gasteiger charge is -2.36. The topological polar surface area (TPSA) is 149 Å². The second kappa shape index (κ2) is 19.9. The summed E-state index contributed by atoms with van der Waals surface area (Å²) in [4.78, 5) is 54.2. The Balaban J connectivity index is 0.00000768. The zero-order chi connectivity index (χ0) is 33.6. The zero-order valence-corrected chi connectivity index (χ0v) is 28.9. The molecule has 11 nitrogen and oxygen atoms in total. The van der Waals surface area contributed by atoms with E-state index in [4.69, 9.17) is 4.74 Å². The highest BCUT2D eigenvalue weighted by molar-refractivity contribution is 5.89. The molecule has 2 aromatic rings. The molecule has 1 saturated heterocycles. The van der Waals surface area contributed by atoms with Gasteiger partial charge in [0.1, 0.15) is 6.04 Å². The third kappa shape index (κ3) is 12.5. The van der Waals surface area contributed by atoms with Crippen molar-refractivity contribution in [2.75, 3.05) is 27.2 Å². The Kier molecular flexibility index (Phi) is 16.7. The number of carbonyl (C=O) groups excluding carboxylic acids is 4. The van der Waals surface area contributed by atoms with Crippen LogP contribution in [0.25, 0.3) is 0 Å². The third-order valence-corrected chi connectivity index (χ3v) is 8.63. The molecular weight excluding hydrogens is 622 g/mol. The van der Waals surface area contributed by atoms with Crippen LogP contribution >= 0.6 is 12.4 Å². The van der Waals surface area contributed by atoms with Gasteiger partial charge in [0, 0.05) is 32.1 Å². The van der Waals surface area contributed by atoms with Crippen LogP contribution < -0.4 is 21.3 Å². The van der Waals surface area contributed by atoms with Gasteiger partial charge in [-0.2, -0.15) is 0 Å². The number of nitrogens with one attached hydrogen (secondary N) is 4. The van der Waals surface area contributed by atoms with Gasteiger partial charge in [-0.05, 0) is 63.1 Å². The van der Waals surface area contributed by atoms with Crippen molar-refractivity contribution in [2.45, 2.75) is 83.2 Å². The molecule has 12 heteroatoms. The van der Waals surface area contributed by atoms with Crippen LogP contribution in [-0.4, -0.2) is 91.3 Å². The average molecular weight is 674 g/mol. The van der Waals surface area contributed by atoms with Gasteiger partial charge >= 0.3 is 6.09 Å². The van der Waals surface area contributed by atoms with Gasteiger partial charge in [-0.3, -0.25) is 14.4 Å². The van der Waals surface area contributed by atoms with Gasteiger partial charge in [-0.15, -0.1) is 12.4 Å². The first kappa shape index (κ1) is 39.5. The van der Waals surface area contributed by atoms with E-state index >= 15 is 0 Å². The molecule has 1 aliphatic rings. The Bertz CT molecular complexity index is 1260. The quantitative estimate of drug-likeness (QED) is 0.195. The molecule has 0 aromatic heterocycles. The molecule has 47 heavy (non-hydrogen) atoms. The number of aliphatic hydroxyl groups is 1. The first-order chi connectivity index (χ1) is 22.0. The fourth-order valence-corrected chi connectivity index (χ4v) is 5.76. The maximum absolute atomic E-state index is 14.0. The number of nitrogens with zero attached hydrogens (tertiary/aromatic N) is 1. The summed E-state index contributed by atoms with van der Waals surface area (Å²) in [5, 5.41) is 23.1. The van der Waals surface area contributed by atoms with E-state index in [0.717, 1.165) is 24.0 Å². The van der Waals surface area contributed by atoms with Crippen molar-refractivity contribution in [3.8, 4) is 0 Å². The Labute approximate surface area is 285 Å². The Hall–Kier alpha value is -3.67. The highest BCUT2D eigenvalue weighted by atomic mass is 35.5. The van der Waals surface area contributed by atoms with E-state index in [-0.39, 0.29) is 43.0 Å². The highest BCUT2D eigenvalue weighted by Crippen LogP contribution is 2.21. The molecule has 0 spiro atoms. The fraction of sp³-hybridized carbons (Fsp3) is 0.543. The number of ether oxygens (including phenoxy) is 1. The van der Waals surface area contributed by atoms with Crippen molar-refractivity contribution in [2.24, 2.45) is 11.8 Å². The number of halogens is 1. The molecule has 260 valence electrons. The van der Waals surface area contributed by atoms with Crippen molar-refractivity contribution in [1.29, 1.82) is 0 Å². The number of piperidine rings is 1. The first-order valence-electron chi connectivity index (χ1n) is 16.2. The molecule has 2 aromatic carbocycles. The molecule has 1 unspecified atom stereocenters. The molecule has 1 fully saturated rings. The summed E-state index contributed by atoms with van der Waals surface area (Å²) >= 11 is 0. The van der Waals surface area contributed by atoms with Crippen molar-refractivity contribution < 1.29 is 29.0 Å². The Morgan fingerprint density at radius 1 is 0.851 bits per heavy atom. The van der Waals surface area contributed by atoms with E-state index in [1.807, 2.05) is 86.5 Å². The minimum Gasteiger partial charge on any atom is -0.436 e. The maximum atomic E-state index is 14.0. The summed E-state index contributed by atoms with van der Waals surface area (Å²) in [6.45, 7) is 6.52. The molecule has 0 radical (unpaired) electrons. The molecule has 5 atom stereocenters. The molecule has 1 aliphatic heterocycles. The van der Waals surface area contributed by atoms with Crippen molar-refractivity contribution >= 4 is 36.2 Å². The number of likely N-dealkylation sites (N-methyl/N-ethyl adjacent to an activating group) is 1. The monoisotopic (exact) mass is 673 g/mol. The third-order valence-electron chi connectivity index (χ3n) is 8.63. The average Bonchev–Trinajstić information content (AvgIpc) is 3.06. The van der Waals surface area contributed by atoms with Crippen LogP contribution in [0.4, 0.5) is 4.79 Å². The SMILES string of the molecule is CNC(=O)C(C)OC(=O)N[C@H](Cc1ccccc1)[C@@H](O)C[C@H](Cc1ccccc1)C(=O)N[C@H](C(=O)N1CCC(NC)CC1)C(C)C.Cl. The molecule has 0 saturated carbocycles. The van der Waals surface area contributed by atoms with Gasteiger partial charge in [0.25, 0.3) is 5.91 Å². The Morgan fingerprint density at radius 3 is 1.91 bits per heavy atom. The number of amides is 4. The molecule has 4 amide bonds. The van der Waals surface area contributed by atoms with Crippen LogP contribution in [0.15, 0.2) is 60.7 Å². The second-order valence-corrected chi connectivity index (χ2v) is 12.4. The number of alkyl carbamates (subject to hydrolysis) is 1. The first-order valence-corrected chi connectivity index (χ1v) is 16.2. The maximum Gasteiger partial charge on any atom is 0.408 e. The van der Waals surface area contributed by atoms with E-state index < -0.39 is 42.2 Å². The van der Waals surface area contributed by atoms with Crippen LogP contribution in [0.5, 0.6) is 0 Å². The van der Waals surface area contributed by atoms with Gasteiger partial charge < -0.3 is 36.0 Å². The number of likely N-dealkylation sites (tertiary alicyclic amines) is 1. The molecular formula is C35H52ClN5O6. The van der Waals surface area contributed by atoms with Crippen LogP contribution in [-0.2, 0) is 32.0 Å². The van der Waals surface area contributed by atoms with Crippen LogP contribution in [0, 0.1) is 11.8 Å². The lowest BCUT2D eigenvalue weighted by molar-refractivity contribution is -0.139. The van der Waals surface area contributed by atoms with Gasteiger partial charge in [0.05, 0.1) is 12.1 Å². The van der Waals surface area contributed by atoms with Crippen LogP contribution in [0.2, 0.25) is 0 Å². The van der Waals surface area contributed by atoms with E-state index in [0.29, 0.717) is 25.6 Å². The molecule has 5 N–H and O–H groups in total. The van der Waals surface area contributed by atoms with Crippen molar-refractivity contribution in [3.05, 3.63) is 71.8 Å². The lowest BCUT2D eigenvalue weighted by atomic mass is 9.88. The molecule has 0 bridgehead atoms. The number of aliphatic hydroxyl groups excluding tert-OH is 1. The molecule has 0 aliphatic carbocycles. The van der Waals surface area contributed by atoms with E-state index in [1.54, 1.807) is 0 Å². The fourth-order valence-electron chi connectivity index (χ4n) is 5.76. The minimum absolute atomic E-state index is 0. The summed E-state index contributed by atoms with van der Waals surface area (Å²) in [7, 11) is 3.37. The Morgan fingerprint density at radius 2 is 1.40 bits per heavy atom.